The van der Waals surface area contributed by atoms with E-state index >= 15 is 0 Å². The zero-order valence-corrected chi connectivity index (χ0v) is 14.5. The first-order valence-electron chi connectivity index (χ1n) is 7.32. The lowest BCUT2D eigenvalue weighted by atomic mass is 10.1. The molecule has 3 aromatic rings. The summed E-state index contributed by atoms with van der Waals surface area (Å²) in [6.45, 7) is 2.04. The Morgan fingerprint density at radius 1 is 1.17 bits per heavy atom. The second kappa shape index (κ2) is 7.47. The summed E-state index contributed by atoms with van der Waals surface area (Å²) in [4.78, 5) is 0. The number of thioether (sulfide) groups is 1. The molecule has 0 saturated carbocycles. The molecular weight excluding hydrogens is 342 g/mol. The standard InChI is InChI=1S/C17H14ClN5S/c1-12-2-4-13(5-3-12)10-16(11-19)24-17-20-21-22-23(17)15-8-6-14(18)7-9-15/h2-9,16H,10H2,1H3. The van der Waals surface area contributed by atoms with Crippen LogP contribution in [0.15, 0.2) is 53.7 Å². The number of nitriles is 1. The molecule has 5 nitrogen and oxygen atoms in total. The Hall–Kier alpha value is -2.36. The molecule has 120 valence electrons. The molecule has 1 atom stereocenters. The molecule has 0 N–H and O–H groups in total. The maximum absolute atomic E-state index is 9.47. The summed E-state index contributed by atoms with van der Waals surface area (Å²) in [7, 11) is 0. The monoisotopic (exact) mass is 355 g/mol. The van der Waals surface area contributed by atoms with Crippen LogP contribution in [0.1, 0.15) is 11.1 Å². The molecule has 2 aromatic carbocycles. The van der Waals surface area contributed by atoms with Crippen LogP contribution in [0.2, 0.25) is 5.02 Å². The minimum Gasteiger partial charge on any atom is -0.197 e. The molecule has 0 aliphatic heterocycles. The summed E-state index contributed by atoms with van der Waals surface area (Å²) in [6.07, 6.45) is 0.634. The Morgan fingerprint density at radius 3 is 2.54 bits per heavy atom. The fourth-order valence-corrected chi connectivity index (χ4v) is 3.21. The smallest absolute Gasteiger partial charge is 0.197 e. The zero-order valence-electron chi connectivity index (χ0n) is 12.9. The predicted octanol–water partition coefficient (Wildman–Crippen LogP) is 3.85. The van der Waals surface area contributed by atoms with Gasteiger partial charge in [-0.3, -0.25) is 0 Å². The summed E-state index contributed by atoms with van der Waals surface area (Å²) in [6, 6.07) is 17.7. The first-order chi connectivity index (χ1) is 11.7. The lowest BCUT2D eigenvalue weighted by Crippen LogP contribution is -2.07. The van der Waals surface area contributed by atoms with Gasteiger partial charge < -0.3 is 0 Å². The number of halogens is 1. The van der Waals surface area contributed by atoms with E-state index in [4.69, 9.17) is 11.6 Å². The van der Waals surface area contributed by atoms with Gasteiger partial charge in [0.25, 0.3) is 0 Å². The summed E-state index contributed by atoms with van der Waals surface area (Å²) >= 11 is 7.26. The van der Waals surface area contributed by atoms with Gasteiger partial charge in [-0.15, -0.1) is 5.10 Å². The van der Waals surface area contributed by atoms with E-state index in [0.717, 1.165) is 11.3 Å². The van der Waals surface area contributed by atoms with Crippen molar-refractivity contribution in [2.75, 3.05) is 0 Å². The minimum atomic E-state index is -0.273. The maximum atomic E-state index is 9.47. The summed E-state index contributed by atoms with van der Waals surface area (Å²) in [5, 5.41) is 22.2. The Morgan fingerprint density at radius 2 is 1.88 bits per heavy atom. The molecule has 1 unspecified atom stereocenters. The number of hydrogen-bond donors (Lipinski definition) is 0. The molecule has 0 aliphatic carbocycles. The summed E-state index contributed by atoms with van der Waals surface area (Å²) < 4.78 is 1.61. The van der Waals surface area contributed by atoms with Crippen molar-refractivity contribution in [3.05, 3.63) is 64.7 Å². The second-order valence-corrected chi connectivity index (χ2v) is 6.88. The van der Waals surface area contributed by atoms with Gasteiger partial charge in [0.1, 0.15) is 5.25 Å². The van der Waals surface area contributed by atoms with E-state index in [1.807, 2.05) is 43.3 Å². The molecule has 0 amide bonds. The van der Waals surface area contributed by atoms with Gasteiger partial charge in [-0.05, 0) is 53.6 Å². The third kappa shape index (κ3) is 3.94. The number of benzene rings is 2. The van der Waals surface area contributed by atoms with Crippen LogP contribution in [0.4, 0.5) is 0 Å². The van der Waals surface area contributed by atoms with Crippen LogP contribution in [0.3, 0.4) is 0 Å². The SMILES string of the molecule is Cc1ccc(CC(C#N)Sc2nnnn2-c2ccc(Cl)cc2)cc1. The van der Waals surface area contributed by atoms with Gasteiger partial charge in [-0.25, -0.2) is 0 Å². The highest BCUT2D eigenvalue weighted by Crippen LogP contribution is 2.25. The number of aryl methyl sites for hydroxylation is 1. The molecule has 1 heterocycles. The van der Waals surface area contributed by atoms with Crippen LogP contribution < -0.4 is 0 Å². The van der Waals surface area contributed by atoms with Gasteiger partial charge in [-0.1, -0.05) is 53.2 Å². The van der Waals surface area contributed by atoms with Crippen LogP contribution in [0, 0.1) is 18.3 Å². The highest BCUT2D eigenvalue weighted by molar-refractivity contribution is 8.00. The predicted molar refractivity (Wildman–Crippen MR) is 94.3 cm³/mol. The normalized spacial score (nSPS) is 11.9. The minimum absolute atomic E-state index is 0.273. The quantitative estimate of drug-likeness (QED) is 0.650. The zero-order chi connectivity index (χ0) is 16.9. The first kappa shape index (κ1) is 16.5. The van der Waals surface area contributed by atoms with Gasteiger partial charge in [0.2, 0.25) is 5.16 Å². The van der Waals surface area contributed by atoms with Gasteiger partial charge in [0.05, 0.1) is 11.8 Å². The third-order valence-electron chi connectivity index (χ3n) is 3.45. The second-order valence-electron chi connectivity index (χ2n) is 5.27. The summed E-state index contributed by atoms with van der Waals surface area (Å²) in [5.41, 5.74) is 3.12. The molecule has 0 aliphatic rings. The highest BCUT2D eigenvalue weighted by Gasteiger charge is 2.17. The van der Waals surface area contributed by atoms with Crippen LogP contribution in [0.25, 0.3) is 5.69 Å². The van der Waals surface area contributed by atoms with Crippen molar-refractivity contribution in [1.82, 2.24) is 20.2 Å². The molecule has 1 aromatic heterocycles. The molecule has 3 rings (SSSR count). The molecule has 0 spiro atoms. The number of hydrogen-bond acceptors (Lipinski definition) is 5. The van der Waals surface area contributed by atoms with Crippen molar-refractivity contribution >= 4 is 23.4 Å². The van der Waals surface area contributed by atoms with E-state index in [0.29, 0.717) is 16.6 Å². The van der Waals surface area contributed by atoms with Crippen LogP contribution in [-0.4, -0.2) is 25.5 Å². The van der Waals surface area contributed by atoms with Crippen LogP contribution >= 0.6 is 23.4 Å². The topological polar surface area (TPSA) is 67.4 Å². The number of nitrogens with zero attached hydrogens (tertiary/aromatic N) is 5. The molecule has 24 heavy (non-hydrogen) atoms. The van der Waals surface area contributed by atoms with E-state index < -0.39 is 0 Å². The number of rotatable bonds is 5. The number of aromatic nitrogens is 4. The van der Waals surface area contributed by atoms with Gasteiger partial charge in [0.15, 0.2) is 0 Å². The fraction of sp³-hybridized carbons (Fsp3) is 0.176. The highest BCUT2D eigenvalue weighted by atomic mass is 35.5. The third-order valence-corrected chi connectivity index (χ3v) is 4.72. The van der Waals surface area contributed by atoms with Gasteiger partial charge in [0, 0.05) is 5.02 Å². The van der Waals surface area contributed by atoms with Crippen molar-refractivity contribution in [3.63, 3.8) is 0 Å². The van der Waals surface area contributed by atoms with Crippen molar-refractivity contribution < 1.29 is 0 Å². The average Bonchev–Trinajstić information content (AvgIpc) is 3.05. The van der Waals surface area contributed by atoms with E-state index in [2.05, 4.69) is 21.6 Å². The Bertz CT molecular complexity index is 852. The van der Waals surface area contributed by atoms with Crippen molar-refractivity contribution in [2.45, 2.75) is 23.8 Å². The molecule has 0 radical (unpaired) electrons. The van der Waals surface area contributed by atoms with Gasteiger partial charge >= 0.3 is 0 Å². The lowest BCUT2D eigenvalue weighted by Gasteiger charge is -2.09. The van der Waals surface area contributed by atoms with E-state index in [-0.39, 0.29) is 5.25 Å². The Labute approximate surface area is 149 Å². The van der Waals surface area contributed by atoms with Crippen molar-refractivity contribution in [2.24, 2.45) is 0 Å². The van der Waals surface area contributed by atoms with E-state index in [9.17, 15) is 5.26 Å². The molecule has 0 fully saturated rings. The number of tetrazole rings is 1. The van der Waals surface area contributed by atoms with Crippen molar-refractivity contribution in [1.29, 1.82) is 5.26 Å². The summed E-state index contributed by atoms with van der Waals surface area (Å²) in [5.74, 6) is 0. The van der Waals surface area contributed by atoms with Crippen molar-refractivity contribution in [3.8, 4) is 11.8 Å². The molecule has 7 heteroatoms. The van der Waals surface area contributed by atoms with E-state index in [1.165, 1.54) is 17.3 Å². The van der Waals surface area contributed by atoms with Crippen LogP contribution in [-0.2, 0) is 6.42 Å². The van der Waals surface area contributed by atoms with Gasteiger partial charge in [-0.2, -0.15) is 9.94 Å². The van der Waals surface area contributed by atoms with Crippen LogP contribution in [0.5, 0.6) is 0 Å². The lowest BCUT2D eigenvalue weighted by molar-refractivity contribution is 0.755. The molecular formula is C17H14ClN5S. The molecule has 0 bridgehead atoms. The Kier molecular flexibility index (Phi) is 5.14. The Balaban J connectivity index is 1.77. The van der Waals surface area contributed by atoms with E-state index in [1.54, 1.807) is 16.8 Å². The maximum Gasteiger partial charge on any atom is 0.215 e. The molecule has 0 saturated heterocycles. The average molecular weight is 356 g/mol. The first-order valence-corrected chi connectivity index (χ1v) is 8.57. The fourth-order valence-electron chi connectivity index (χ4n) is 2.18. The largest absolute Gasteiger partial charge is 0.215 e.